The van der Waals surface area contributed by atoms with Crippen molar-refractivity contribution in [3.63, 3.8) is 0 Å². The summed E-state index contributed by atoms with van der Waals surface area (Å²) >= 11 is 0. The molecule has 0 saturated carbocycles. The number of aliphatic hydroxyl groups is 1. The fourth-order valence-electron chi connectivity index (χ4n) is 2.56. The van der Waals surface area contributed by atoms with Gasteiger partial charge in [0.15, 0.2) is 0 Å². The molecule has 4 heteroatoms. The second kappa shape index (κ2) is 10.9. The summed E-state index contributed by atoms with van der Waals surface area (Å²) in [5, 5.41) is 13.6. The molecule has 0 aromatic heterocycles. The molecule has 0 aliphatic carbocycles. The van der Waals surface area contributed by atoms with Crippen LogP contribution in [0.1, 0.15) is 37.4 Å². The second-order valence-electron chi connectivity index (χ2n) is 6.18. The highest BCUT2D eigenvalue weighted by molar-refractivity contribution is 5.35. The molecule has 2 atom stereocenters. The maximum atomic E-state index is 10.1. The molecule has 2 aromatic carbocycles. The van der Waals surface area contributed by atoms with Crippen molar-refractivity contribution in [1.29, 1.82) is 0 Å². The molecule has 2 unspecified atom stereocenters. The van der Waals surface area contributed by atoms with E-state index >= 15 is 0 Å². The molecular weight excluding hydrogens is 314 g/mol. The van der Waals surface area contributed by atoms with Gasteiger partial charge in [-0.2, -0.15) is 0 Å². The lowest BCUT2D eigenvalue weighted by Gasteiger charge is -2.19. The van der Waals surface area contributed by atoms with Crippen LogP contribution in [0.15, 0.2) is 54.6 Å². The third-order valence-electron chi connectivity index (χ3n) is 3.94. The predicted molar refractivity (Wildman–Crippen MR) is 101 cm³/mol. The maximum absolute atomic E-state index is 10.1. The zero-order valence-electron chi connectivity index (χ0n) is 15.2. The van der Waals surface area contributed by atoms with Crippen LogP contribution in [0.3, 0.4) is 0 Å². The monoisotopic (exact) mass is 343 g/mol. The zero-order chi connectivity index (χ0) is 17.9. The average Bonchev–Trinajstić information content (AvgIpc) is 2.65. The van der Waals surface area contributed by atoms with E-state index in [1.807, 2.05) is 48.5 Å². The van der Waals surface area contributed by atoms with Gasteiger partial charge in [0, 0.05) is 11.6 Å². The minimum atomic E-state index is -0.657. The molecule has 0 radical (unpaired) electrons. The Labute approximate surface area is 150 Å². The molecule has 2 rings (SSSR count). The number of para-hydroxylation sites is 1. The van der Waals surface area contributed by atoms with E-state index in [-0.39, 0.29) is 19.3 Å². The van der Waals surface area contributed by atoms with Crippen LogP contribution in [-0.2, 0) is 11.3 Å². The molecule has 0 saturated heterocycles. The Morgan fingerprint density at radius 3 is 2.48 bits per heavy atom. The summed E-state index contributed by atoms with van der Waals surface area (Å²) in [6.07, 6.45) is 0.431. The summed E-state index contributed by atoms with van der Waals surface area (Å²) in [6.45, 7) is 6.19. The molecule has 136 valence electrons. The molecule has 0 fully saturated rings. The van der Waals surface area contributed by atoms with Crippen LogP contribution < -0.4 is 10.1 Å². The molecule has 0 aliphatic rings. The van der Waals surface area contributed by atoms with Crippen molar-refractivity contribution in [3.05, 3.63) is 65.7 Å². The van der Waals surface area contributed by atoms with Gasteiger partial charge in [0.25, 0.3) is 0 Å². The number of nitrogens with one attached hydrogen (secondary N) is 1. The highest BCUT2D eigenvalue weighted by Gasteiger charge is 2.12. The molecular formula is C21H29NO3. The fourth-order valence-corrected chi connectivity index (χ4v) is 2.56. The first kappa shape index (κ1) is 19.4. The van der Waals surface area contributed by atoms with Gasteiger partial charge in [-0.25, -0.2) is 0 Å². The Morgan fingerprint density at radius 1 is 1.00 bits per heavy atom. The smallest absolute Gasteiger partial charge is 0.124 e. The summed E-state index contributed by atoms with van der Waals surface area (Å²) in [5.74, 6) is 0.806. The van der Waals surface area contributed by atoms with E-state index in [1.54, 1.807) is 0 Å². The number of ether oxygens (including phenoxy) is 2. The van der Waals surface area contributed by atoms with Crippen molar-refractivity contribution in [3.8, 4) is 5.75 Å². The van der Waals surface area contributed by atoms with E-state index in [1.165, 1.54) is 0 Å². The number of benzene rings is 2. The van der Waals surface area contributed by atoms with E-state index in [4.69, 9.17) is 9.47 Å². The Morgan fingerprint density at radius 2 is 1.72 bits per heavy atom. The highest BCUT2D eigenvalue weighted by atomic mass is 16.5. The van der Waals surface area contributed by atoms with Crippen LogP contribution in [-0.4, -0.2) is 31.0 Å². The van der Waals surface area contributed by atoms with Gasteiger partial charge in [-0.3, -0.25) is 0 Å². The Hall–Kier alpha value is -1.88. The molecule has 25 heavy (non-hydrogen) atoms. The number of rotatable bonds is 11. The van der Waals surface area contributed by atoms with Crippen LogP contribution in [0.4, 0.5) is 0 Å². The first-order chi connectivity index (χ1) is 12.2. The van der Waals surface area contributed by atoms with Crippen LogP contribution in [0, 0.1) is 0 Å². The van der Waals surface area contributed by atoms with Gasteiger partial charge in [0.05, 0.1) is 13.2 Å². The third-order valence-corrected chi connectivity index (χ3v) is 3.94. The van der Waals surface area contributed by atoms with Gasteiger partial charge in [-0.05, 0) is 31.5 Å². The van der Waals surface area contributed by atoms with Crippen LogP contribution >= 0.6 is 0 Å². The topological polar surface area (TPSA) is 50.7 Å². The third kappa shape index (κ3) is 6.86. The quantitative estimate of drug-likeness (QED) is 0.653. The number of aliphatic hydroxyl groups excluding tert-OH is 1. The molecule has 0 bridgehead atoms. The van der Waals surface area contributed by atoms with Crippen molar-refractivity contribution in [2.75, 3.05) is 19.8 Å². The molecule has 4 nitrogen and oxygen atoms in total. The van der Waals surface area contributed by atoms with Crippen molar-refractivity contribution < 1.29 is 14.6 Å². The highest BCUT2D eigenvalue weighted by Crippen LogP contribution is 2.24. The van der Waals surface area contributed by atoms with Crippen molar-refractivity contribution >= 4 is 0 Å². The summed E-state index contributed by atoms with van der Waals surface area (Å²) in [6, 6.07) is 18.1. The number of hydrogen-bond donors (Lipinski definition) is 2. The van der Waals surface area contributed by atoms with Crippen molar-refractivity contribution in [2.24, 2.45) is 0 Å². The van der Waals surface area contributed by atoms with Crippen molar-refractivity contribution in [2.45, 2.75) is 39.0 Å². The van der Waals surface area contributed by atoms with Crippen LogP contribution in [0.2, 0.25) is 0 Å². The Bertz CT molecular complexity index is 603. The second-order valence-corrected chi connectivity index (χ2v) is 6.18. The van der Waals surface area contributed by atoms with Gasteiger partial charge in [-0.1, -0.05) is 55.5 Å². The molecule has 0 aliphatic heterocycles. The lowest BCUT2D eigenvalue weighted by Crippen LogP contribution is -2.25. The van der Waals surface area contributed by atoms with E-state index in [9.17, 15) is 5.11 Å². The Kier molecular flexibility index (Phi) is 8.46. The van der Waals surface area contributed by atoms with Gasteiger partial charge in [0.1, 0.15) is 18.5 Å². The lowest BCUT2D eigenvalue weighted by atomic mass is 10.1. The number of hydrogen-bond acceptors (Lipinski definition) is 4. The largest absolute Gasteiger partial charge is 0.490 e. The van der Waals surface area contributed by atoms with E-state index in [2.05, 4.69) is 25.2 Å². The van der Waals surface area contributed by atoms with E-state index in [0.717, 1.165) is 29.8 Å². The summed E-state index contributed by atoms with van der Waals surface area (Å²) < 4.78 is 11.4. The maximum Gasteiger partial charge on any atom is 0.124 e. The zero-order valence-corrected chi connectivity index (χ0v) is 15.2. The van der Waals surface area contributed by atoms with Crippen LogP contribution in [0.5, 0.6) is 5.75 Å². The lowest BCUT2D eigenvalue weighted by molar-refractivity contribution is 0.00526. The summed E-state index contributed by atoms with van der Waals surface area (Å²) in [7, 11) is 0. The molecule has 0 heterocycles. The molecule has 0 amide bonds. The average molecular weight is 343 g/mol. The van der Waals surface area contributed by atoms with Crippen molar-refractivity contribution in [1.82, 2.24) is 5.32 Å². The van der Waals surface area contributed by atoms with Gasteiger partial charge in [-0.15, -0.1) is 0 Å². The van der Waals surface area contributed by atoms with Gasteiger partial charge < -0.3 is 19.9 Å². The SMILES string of the molecule is CCCNC(C)c1ccccc1OCC(O)COCc1ccccc1. The minimum absolute atomic E-state index is 0.211. The van der Waals surface area contributed by atoms with Gasteiger partial charge >= 0.3 is 0 Å². The summed E-state index contributed by atoms with van der Waals surface area (Å²) in [5.41, 5.74) is 2.20. The molecule has 2 aromatic rings. The van der Waals surface area contributed by atoms with Crippen LogP contribution in [0.25, 0.3) is 0 Å². The fraction of sp³-hybridized carbons (Fsp3) is 0.429. The first-order valence-corrected chi connectivity index (χ1v) is 8.95. The first-order valence-electron chi connectivity index (χ1n) is 8.95. The summed E-state index contributed by atoms with van der Waals surface area (Å²) in [4.78, 5) is 0. The molecule has 2 N–H and O–H groups in total. The standard InChI is InChI=1S/C21H29NO3/c1-3-13-22-17(2)20-11-7-8-12-21(20)25-16-19(23)15-24-14-18-9-5-4-6-10-18/h4-12,17,19,22-23H,3,13-16H2,1-2H3. The molecule has 0 spiro atoms. The minimum Gasteiger partial charge on any atom is -0.490 e. The van der Waals surface area contributed by atoms with Gasteiger partial charge in [0.2, 0.25) is 0 Å². The Balaban J connectivity index is 1.78. The predicted octanol–water partition coefficient (Wildman–Crippen LogP) is 3.70. The normalized spacial score (nSPS) is 13.4. The van der Waals surface area contributed by atoms with E-state index in [0.29, 0.717) is 6.61 Å². The van der Waals surface area contributed by atoms with E-state index < -0.39 is 6.10 Å².